The summed E-state index contributed by atoms with van der Waals surface area (Å²) in [7, 11) is 1.62. The molecule has 35 heavy (non-hydrogen) atoms. The molecule has 1 fully saturated rings. The van der Waals surface area contributed by atoms with Gasteiger partial charge in [0, 0.05) is 37.7 Å². The smallest absolute Gasteiger partial charge is 0.233 e. The molecule has 0 bridgehead atoms. The first-order chi connectivity index (χ1) is 16.6. The largest absolute Gasteiger partial charge is 0.487 e. The van der Waals surface area contributed by atoms with Crippen LogP contribution in [0.4, 0.5) is 0 Å². The molecule has 0 saturated heterocycles. The number of nitrogens with two attached hydrogens (primary N) is 1. The van der Waals surface area contributed by atoms with Gasteiger partial charge in [-0.2, -0.15) is 0 Å². The van der Waals surface area contributed by atoms with E-state index in [0.717, 1.165) is 11.3 Å². The number of terminal acetylenes is 1. The topological polar surface area (TPSA) is 106 Å². The Morgan fingerprint density at radius 3 is 2.83 bits per heavy atom. The molecule has 0 spiro atoms. The highest BCUT2D eigenvalue weighted by molar-refractivity contribution is 6.00. The van der Waals surface area contributed by atoms with Crippen molar-refractivity contribution in [2.45, 2.75) is 76.1 Å². The zero-order valence-corrected chi connectivity index (χ0v) is 21.0. The van der Waals surface area contributed by atoms with Gasteiger partial charge >= 0.3 is 0 Å². The van der Waals surface area contributed by atoms with Gasteiger partial charge in [0.05, 0.1) is 12.5 Å². The van der Waals surface area contributed by atoms with E-state index >= 15 is 0 Å². The molecule has 8 heteroatoms. The van der Waals surface area contributed by atoms with Crippen molar-refractivity contribution in [3.05, 3.63) is 29.8 Å². The van der Waals surface area contributed by atoms with Gasteiger partial charge in [0.2, 0.25) is 11.8 Å². The highest BCUT2D eigenvalue weighted by Crippen LogP contribution is 2.47. The number of nitrogens with zero attached hydrogens (tertiary/aromatic N) is 2. The fourth-order valence-electron chi connectivity index (χ4n) is 5.44. The van der Waals surface area contributed by atoms with E-state index in [9.17, 15) is 9.59 Å². The lowest BCUT2D eigenvalue weighted by Crippen LogP contribution is -2.56. The number of carbonyl (C=O) groups is 2. The standard InChI is InChI=1S/C27H36N4O4/c1-6-27(7-2)16-23(32)31(25(28)30-27)21(12-13-34-5)18-14-19(18)24(33)29-20-15-26(3,4)35-22-11-9-8-10-17(20)22/h1,8-11,18-21H,7,12-16H2,2-5H3,(H2,28,30)(H,29,33)/t18-,19?,20-,21-,27+/m0/s1. The van der Waals surface area contributed by atoms with Crippen molar-refractivity contribution in [3.8, 4) is 18.1 Å². The second-order valence-electron chi connectivity index (χ2n) is 10.5. The van der Waals surface area contributed by atoms with Crippen LogP contribution in [0.2, 0.25) is 0 Å². The Labute approximate surface area is 207 Å². The van der Waals surface area contributed by atoms with Crippen molar-refractivity contribution in [2.75, 3.05) is 13.7 Å². The maximum absolute atomic E-state index is 13.3. The van der Waals surface area contributed by atoms with E-state index in [1.165, 1.54) is 0 Å². The molecule has 1 saturated carbocycles. The van der Waals surface area contributed by atoms with Crippen molar-refractivity contribution < 1.29 is 19.1 Å². The van der Waals surface area contributed by atoms with Crippen LogP contribution in [0, 0.1) is 24.2 Å². The predicted molar refractivity (Wildman–Crippen MR) is 133 cm³/mol. The fourth-order valence-corrected chi connectivity index (χ4v) is 5.44. The summed E-state index contributed by atoms with van der Waals surface area (Å²) >= 11 is 0. The zero-order chi connectivity index (χ0) is 25.4. The Morgan fingerprint density at radius 1 is 1.43 bits per heavy atom. The minimum Gasteiger partial charge on any atom is -0.487 e. The van der Waals surface area contributed by atoms with Gasteiger partial charge in [0.1, 0.15) is 16.9 Å². The summed E-state index contributed by atoms with van der Waals surface area (Å²) in [5.74, 6) is 3.19. The summed E-state index contributed by atoms with van der Waals surface area (Å²) < 4.78 is 11.4. The second kappa shape index (κ2) is 9.54. The third kappa shape index (κ3) is 5.01. The van der Waals surface area contributed by atoms with Crippen LogP contribution in [0.5, 0.6) is 5.75 Å². The zero-order valence-electron chi connectivity index (χ0n) is 21.0. The molecule has 2 amide bonds. The van der Waals surface area contributed by atoms with Gasteiger partial charge in [-0.25, -0.2) is 4.99 Å². The van der Waals surface area contributed by atoms with Crippen LogP contribution in [0.3, 0.4) is 0 Å². The molecule has 0 radical (unpaired) electrons. The number of methoxy groups -OCH3 is 1. The summed E-state index contributed by atoms with van der Waals surface area (Å²) in [6, 6.07) is 7.42. The minimum absolute atomic E-state index is 0.0126. The molecule has 2 aliphatic heterocycles. The number of hydrogen-bond acceptors (Lipinski definition) is 6. The van der Waals surface area contributed by atoms with Crippen LogP contribution in [-0.4, -0.2) is 53.6 Å². The van der Waals surface area contributed by atoms with Crippen molar-refractivity contribution in [1.82, 2.24) is 10.2 Å². The monoisotopic (exact) mass is 480 g/mol. The maximum Gasteiger partial charge on any atom is 0.233 e. The molecule has 0 aromatic heterocycles. The highest BCUT2D eigenvalue weighted by Gasteiger charge is 2.53. The molecule has 1 unspecified atom stereocenters. The number of guanidine groups is 1. The van der Waals surface area contributed by atoms with Gasteiger partial charge in [0.25, 0.3) is 0 Å². The normalized spacial score (nSPS) is 29.8. The number of rotatable bonds is 8. The minimum atomic E-state index is -0.896. The van der Waals surface area contributed by atoms with Crippen LogP contribution < -0.4 is 15.8 Å². The summed E-state index contributed by atoms with van der Waals surface area (Å²) in [5, 5.41) is 3.25. The van der Waals surface area contributed by atoms with Crippen molar-refractivity contribution >= 4 is 17.8 Å². The lowest BCUT2D eigenvalue weighted by atomic mass is 9.89. The molecule has 2 heterocycles. The van der Waals surface area contributed by atoms with E-state index in [1.54, 1.807) is 12.0 Å². The van der Waals surface area contributed by atoms with Gasteiger partial charge < -0.3 is 20.5 Å². The van der Waals surface area contributed by atoms with E-state index in [2.05, 4.69) is 16.2 Å². The molecule has 8 nitrogen and oxygen atoms in total. The first-order valence-corrected chi connectivity index (χ1v) is 12.4. The Kier molecular flexibility index (Phi) is 6.83. The van der Waals surface area contributed by atoms with Gasteiger partial charge in [-0.1, -0.05) is 31.0 Å². The summed E-state index contributed by atoms with van der Waals surface area (Å²) in [5.41, 5.74) is 6.00. The van der Waals surface area contributed by atoms with Crippen molar-refractivity contribution in [3.63, 3.8) is 0 Å². The highest BCUT2D eigenvalue weighted by atomic mass is 16.5. The number of hydrogen-bond donors (Lipinski definition) is 2. The lowest BCUT2D eigenvalue weighted by Gasteiger charge is -2.39. The van der Waals surface area contributed by atoms with Gasteiger partial charge in [-0.15, -0.1) is 6.42 Å². The molecule has 188 valence electrons. The number of fused-ring (bicyclic) bond motifs is 1. The first kappa shape index (κ1) is 25.1. The SMILES string of the molecule is C#C[C@@]1(CC)CC(=O)N([C@@H](CCOC)[C@H]2CC2C(=O)N[C@H]2CC(C)(C)Oc3ccccc32)C(N)=N1. The van der Waals surface area contributed by atoms with Crippen LogP contribution in [-0.2, 0) is 14.3 Å². The average Bonchev–Trinajstić information content (AvgIpc) is 3.60. The van der Waals surface area contributed by atoms with Crippen LogP contribution in [0.1, 0.15) is 64.5 Å². The van der Waals surface area contributed by atoms with E-state index in [4.69, 9.17) is 21.6 Å². The van der Waals surface area contributed by atoms with E-state index in [0.29, 0.717) is 32.3 Å². The predicted octanol–water partition coefficient (Wildman–Crippen LogP) is 2.78. The summed E-state index contributed by atoms with van der Waals surface area (Å²) in [4.78, 5) is 32.6. The quantitative estimate of drug-likeness (QED) is 0.557. The molecule has 1 aromatic carbocycles. The first-order valence-electron chi connectivity index (χ1n) is 12.4. The van der Waals surface area contributed by atoms with Crippen LogP contribution in [0.25, 0.3) is 0 Å². The molecule has 3 aliphatic rings. The fraction of sp³-hybridized carbons (Fsp3) is 0.593. The Hall–Kier alpha value is -3.05. The number of amides is 2. The summed E-state index contributed by atoms with van der Waals surface area (Å²) in [6.07, 6.45) is 8.25. The van der Waals surface area contributed by atoms with E-state index in [-0.39, 0.29) is 53.7 Å². The molecular formula is C27H36N4O4. The third-order valence-corrected chi connectivity index (χ3v) is 7.45. The molecule has 1 aliphatic carbocycles. The van der Waals surface area contributed by atoms with Gasteiger partial charge in [-0.3, -0.25) is 14.5 Å². The summed E-state index contributed by atoms with van der Waals surface area (Å²) in [6.45, 7) is 6.40. The number of nitrogens with one attached hydrogen (secondary N) is 1. The van der Waals surface area contributed by atoms with Crippen LogP contribution in [0.15, 0.2) is 29.3 Å². The third-order valence-electron chi connectivity index (χ3n) is 7.45. The van der Waals surface area contributed by atoms with E-state index < -0.39 is 5.54 Å². The van der Waals surface area contributed by atoms with Gasteiger partial charge in [0.15, 0.2) is 5.96 Å². The Balaban J connectivity index is 1.51. The molecule has 4 rings (SSSR count). The second-order valence-corrected chi connectivity index (χ2v) is 10.5. The van der Waals surface area contributed by atoms with Gasteiger partial charge in [-0.05, 0) is 45.1 Å². The molecule has 3 N–H and O–H groups in total. The van der Waals surface area contributed by atoms with Crippen molar-refractivity contribution in [2.24, 2.45) is 22.6 Å². The maximum atomic E-state index is 13.3. The molecular weight excluding hydrogens is 444 g/mol. The van der Waals surface area contributed by atoms with E-state index in [1.807, 2.05) is 45.0 Å². The molecule has 5 atom stereocenters. The number of ether oxygens (including phenoxy) is 2. The number of carbonyl (C=O) groups excluding carboxylic acids is 2. The number of aliphatic imine (C=N–C) groups is 1. The molecule has 1 aromatic rings. The Bertz CT molecular complexity index is 1060. The van der Waals surface area contributed by atoms with Crippen molar-refractivity contribution in [1.29, 1.82) is 0 Å². The number of para-hydroxylation sites is 1. The van der Waals surface area contributed by atoms with Crippen LogP contribution >= 0.6 is 0 Å². The number of benzene rings is 1. The Morgan fingerprint density at radius 2 is 2.17 bits per heavy atom. The average molecular weight is 481 g/mol. The lowest BCUT2D eigenvalue weighted by molar-refractivity contribution is -0.132.